The molecule has 10 heteroatoms. The molecule has 218 valence electrons. The minimum Gasteiger partial charge on any atom is -0.497 e. The molecule has 9 nitrogen and oxygen atoms in total. The van der Waals surface area contributed by atoms with Crippen LogP contribution in [0.2, 0.25) is 0 Å². The number of carbonyl (C=O) groups is 3. The van der Waals surface area contributed by atoms with Crippen molar-refractivity contribution in [3.05, 3.63) is 114 Å². The van der Waals surface area contributed by atoms with Crippen molar-refractivity contribution in [3.63, 3.8) is 0 Å². The Morgan fingerprint density at radius 3 is 2.23 bits per heavy atom. The first-order valence-electron chi connectivity index (χ1n) is 13.4. The number of fused-ring (bicyclic) bond motifs is 1. The number of thioether (sulfide) groups is 1. The average molecular weight is 596 g/mol. The average Bonchev–Trinajstić information content (AvgIpc) is 3.04. The highest BCUT2D eigenvalue weighted by molar-refractivity contribution is 8.00. The standard InChI is InChI=1S/C33H29N3O6S/c1-40-26-12-7-22(8-13-26)19-28(36-32(38)23-5-3-2-4-6-23)33(39)35-24-9-14-27(15-10-24)43-21-31(37)34-25-11-16-29-30(20-25)42-18-17-41-29/h2-16,19-20H,17-18,21H2,1H3,(H,34,37)(H,35,39)(H,36,38)/b28-19-. The lowest BCUT2D eigenvalue weighted by molar-refractivity contribution is -0.114. The van der Waals surface area contributed by atoms with E-state index in [0.717, 1.165) is 4.90 Å². The molecule has 3 N–H and O–H groups in total. The lowest BCUT2D eigenvalue weighted by atomic mass is 10.1. The van der Waals surface area contributed by atoms with Gasteiger partial charge in [0.1, 0.15) is 24.7 Å². The summed E-state index contributed by atoms with van der Waals surface area (Å²) in [4.78, 5) is 39.5. The van der Waals surface area contributed by atoms with Gasteiger partial charge in [-0.3, -0.25) is 14.4 Å². The Bertz CT molecular complexity index is 1620. The summed E-state index contributed by atoms with van der Waals surface area (Å²) in [6.45, 7) is 0.976. The second kappa shape index (κ2) is 14.1. The first-order chi connectivity index (χ1) is 21.0. The fourth-order valence-electron chi connectivity index (χ4n) is 4.11. The molecule has 0 saturated heterocycles. The summed E-state index contributed by atoms with van der Waals surface area (Å²) in [5.41, 5.74) is 2.37. The fraction of sp³-hybridized carbons (Fsp3) is 0.121. The zero-order valence-corrected chi connectivity index (χ0v) is 24.1. The van der Waals surface area contributed by atoms with Crippen LogP contribution in [0.25, 0.3) is 6.08 Å². The maximum atomic E-state index is 13.3. The Kier molecular flexibility index (Phi) is 9.60. The van der Waals surface area contributed by atoms with Gasteiger partial charge in [0.05, 0.1) is 12.9 Å². The van der Waals surface area contributed by atoms with E-state index < -0.39 is 11.8 Å². The van der Waals surface area contributed by atoms with Crippen molar-refractivity contribution in [1.29, 1.82) is 0 Å². The molecule has 4 aromatic carbocycles. The number of anilines is 2. The van der Waals surface area contributed by atoms with Gasteiger partial charge >= 0.3 is 0 Å². The molecule has 0 spiro atoms. The summed E-state index contributed by atoms with van der Waals surface area (Å²) in [6.07, 6.45) is 1.60. The predicted molar refractivity (Wildman–Crippen MR) is 167 cm³/mol. The molecule has 0 atom stereocenters. The van der Waals surface area contributed by atoms with Crippen molar-refractivity contribution in [2.45, 2.75) is 4.90 Å². The zero-order valence-electron chi connectivity index (χ0n) is 23.3. The SMILES string of the molecule is COc1ccc(/C=C(\NC(=O)c2ccccc2)C(=O)Nc2ccc(SCC(=O)Nc3ccc4c(c3)OCCO4)cc2)cc1. The molecule has 1 aliphatic rings. The maximum Gasteiger partial charge on any atom is 0.272 e. The molecule has 0 saturated carbocycles. The Balaban J connectivity index is 1.20. The van der Waals surface area contributed by atoms with Crippen LogP contribution < -0.4 is 30.2 Å². The van der Waals surface area contributed by atoms with Gasteiger partial charge in [-0.15, -0.1) is 11.8 Å². The molecule has 0 aliphatic carbocycles. The van der Waals surface area contributed by atoms with E-state index in [1.807, 2.05) is 18.2 Å². The van der Waals surface area contributed by atoms with Gasteiger partial charge in [0, 0.05) is 27.9 Å². The van der Waals surface area contributed by atoms with Gasteiger partial charge in [0.25, 0.3) is 11.8 Å². The van der Waals surface area contributed by atoms with Gasteiger partial charge < -0.3 is 30.2 Å². The van der Waals surface area contributed by atoms with Crippen LogP contribution in [0.3, 0.4) is 0 Å². The van der Waals surface area contributed by atoms with Gasteiger partial charge in [0.2, 0.25) is 5.91 Å². The first-order valence-corrected chi connectivity index (χ1v) is 14.4. The smallest absolute Gasteiger partial charge is 0.272 e. The van der Waals surface area contributed by atoms with Crippen molar-refractivity contribution in [2.24, 2.45) is 0 Å². The summed E-state index contributed by atoms with van der Waals surface area (Å²) in [6, 6.07) is 28.2. The molecule has 1 heterocycles. The third-order valence-corrected chi connectivity index (χ3v) is 7.28. The number of carbonyl (C=O) groups excluding carboxylic acids is 3. The molecule has 0 aromatic heterocycles. The largest absolute Gasteiger partial charge is 0.497 e. The molecule has 5 rings (SSSR count). The van der Waals surface area contributed by atoms with Gasteiger partial charge in [-0.1, -0.05) is 30.3 Å². The third-order valence-electron chi connectivity index (χ3n) is 6.26. The Morgan fingerprint density at radius 1 is 0.814 bits per heavy atom. The van der Waals surface area contributed by atoms with Crippen LogP contribution in [-0.2, 0) is 9.59 Å². The molecule has 0 unspecified atom stereocenters. The number of rotatable bonds is 10. The first kappa shape index (κ1) is 29.3. The van der Waals surface area contributed by atoms with Gasteiger partial charge in [-0.05, 0) is 72.3 Å². The van der Waals surface area contributed by atoms with E-state index in [1.165, 1.54) is 11.8 Å². The monoisotopic (exact) mass is 595 g/mol. The Hall–Kier alpha value is -5.22. The van der Waals surface area contributed by atoms with Crippen molar-refractivity contribution in [1.82, 2.24) is 5.32 Å². The van der Waals surface area contributed by atoms with E-state index in [-0.39, 0.29) is 17.4 Å². The number of benzene rings is 4. The van der Waals surface area contributed by atoms with E-state index in [4.69, 9.17) is 14.2 Å². The molecule has 43 heavy (non-hydrogen) atoms. The van der Waals surface area contributed by atoms with E-state index in [2.05, 4.69) is 16.0 Å². The summed E-state index contributed by atoms with van der Waals surface area (Å²) in [7, 11) is 1.57. The molecule has 0 fully saturated rings. The molecule has 1 aliphatic heterocycles. The lowest BCUT2D eigenvalue weighted by Gasteiger charge is -2.19. The van der Waals surface area contributed by atoms with E-state index in [0.29, 0.717) is 53.0 Å². The number of methoxy groups -OCH3 is 1. The molecule has 0 radical (unpaired) electrons. The number of ether oxygens (including phenoxy) is 3. The van der Waals surface area contributed by atoms with Gasteiger partial charge in [0.15, 0.2) is 11.5 Å². The fourth-order valence-corrected chi connectivity index (χ4v) is 4.81. The zero-order chi connectivity index (χ0) is 30.0. The van der Waals surface area contributed by atoms with Crippen LogP contribution in [0.5, 0.6) is 17.2 Å². The van der Waals surface area contributed by atoms with Gasteiger partial charge in [-0.2, -0.15) is 0 Å². The molecule has 4 aromatic rings. The van der Waals surface area contributed by atoms with Crippen LogP contribution in [0.1, 0.15) is 15.9 Å². The predicted octanol–water partition coefficient (Wildman–Crippen LogP) is 5.61. The normalized spacial score (nSPS) is 12.2. The maximum absolute atomic E-state index is 13.3. The summed E-state index contributed by atoms with van der Waals surface area (Å²) in [5.74, 6) is 1.08. The highest BCUT2D eigenvalue weighted by atomic mass is 32.2. The van der Waals surface area contributed by atoms with Crippen LogP contribution in [0.4, 0.5) is 11.4 Å². The number of hydrogen-bond acceptors (Lipinski definition) is 7. The second-order valence-corrected chi connectivity index (χ2v) is 10.4. The van der Waals surface area contributed by atoms with Gasteiger partial charge in [-0.25, -0.2) is 0 Å². The van der Waals surface area contributed by atoms with E-state index in [1.54, 1.807) is 92.0 Å². The van der Waals surface area contributed by atoms with E-state index in [9.17, 15) is 14.4 Å². The molecule has 3 amide bonds. The topological polar surface area (TPSA) is 115 Å². The Morgan fingerprint density at radius 2 is 1.51 bits per heavy atom. The molecular formula is C33H29N3O6S. The van der Waals surface area contributed by atoms with Crippen molar-refractivity contribution < 1.29 is 28.6 Å². The highest BCUT2D eigenvalue weighted by Gasteiger charge is 2.16. The highest BCUT2D eigenvalue weighted by Crippen LogP contribution is 2.32. The lowest BCUT2D eigenvalue weighted by Crippen LogP contribution is -2.30. The van der Waals surface area contributed by atoms with Crippen LogP contribution in [0, 0.1) is 0 Å². The summed E-state index contributed by atoms with van der Waals surface area (Å²) >= 11 is 1.36. The van der Waals surface area contributed by atoms with Crippen molar-refractivity contribution >= 4 is 46.9 Å². The number of amides is 3. The van der Waals surface area contributed by atoms with E-state index >= 15 is 0 Å². The van der Waals surface area contributed by atoms with Crippen LogP contribution in [0.15, 0.2) is 108 Å². The number of hydrogen-bond donors (Lipinski definition) is 3. The molecule has 0 bridgehead atoms. The number of nitrogens with one attached hydrogen (secondary N) is 3. The third kappa shape index (κ3) is 8.17. The Labute approximate surface area is 253 Å². The summed E-state index contributed by atoms with van der Waals surface area (Å²) < 4.78 is 16.3. The van der Waals surface area contributed by atoms with Crippen LogP contribution >= 0.6 is 11.8 Å². The van der Waals surface area contributed by atoms with Crippen LogP contribution in [-0.4, -0.2) is 43.8 Å². The minimum absolute atomic E-state index is 0.0771. The second-order valence-electron chi connectivity index (χ2n) is 9.33. The summed E-state index contributed by atoms with van der Waals surface area (Å²) in [5, 5.41) is 8.43. The van der Waals surface area contributed by atoms with Crippen molar-refractivity contribution in [3.8, 4) is 17.2 Å². The minimum atomic E-state index is -0.487. The molecular weight excluding hydrogens is 566 g/mol. The quantitative estimate of drug-likeness (QED) is 0.161. The van der Waals surface area contributed by atoms with Crippen molar-refractivity contribution in [2.75, 3.05) is 36.7 Å².